The third kappa shape index (κ3) is 9.06. The zero-order chi connectivity index (χ0) is 30.0. The van der Waals surface area contributed by atoms with E-state index < -0.39 is 0 Å². The molecule has 0 fully saturated rings. The molecule has 1 unspecified atom stereocenters. The molecular formula is C38H42O2SiTi. The second kappa shape index (κ2) is 15.2. The molecule has 5 rings (SSSR count). The number of hydrogen-bond acceptors (Lipinski definition) is 2. The maximum absolute atomic E-state index is 6.42. The molecule has 0 saturated carbocycles. The molecule has 0 amide bonds. The molecule has 214 valence electrons. The molecule has 1 aliphatic rings. The minimum atomic E-state index is -0.309. The molecule has 0 N–H and O–H groups in total. The molecule has 0 heterocycles. The van der Waals surface area contributed by atoms with Gasteiger partial charge >= 0.3 is 89.9 Å². The van der Waals surface area contributed by atoms with Gasteiger partial charge in [-0.15, -0.1) is 0 Å². The molecule has 2 nitrogen and oxygen atoms in total. The Hall–Kier alpha value is -3.37. The van der Waals surface area contributed by atoms with Gasteiger partial charge < -0.3 is 9.47 Å². The van der Waals surface area contributed by atoms with Crippen molar-refractivity contribution in [2.45, 2.75) is 38.1 Å². The van der Waals surface area contributed by atoms with Gasteiger partial charge in [-0.25, -0.2) is 0 Å². The number of ether oxygens (including phenoxy) is 2. The van der Waals surface area contributed by atoms with Crippen molar-refractivity contribution >= 4 is 24.6 Å². The molecule has 0 aliphatic heterocycles. The molecule has 0 aromatic heterocycles. The van der Waals surface area contributed by atoms with Gasteiger partial charge in [-0.05, 0) is 35.2 Å². The molecule has 42 heavy (non-hydrogen) atoms. The van der Waals surface area contributed by atoms with Crippen LogP contribution in [0.1, 0.15) is 47.2 Å². The van der Waals surface area contributed by atoms with Crippen LogP contribution in [0.25, 0.3) is 17.9 Å². The summed E-state index contributed by atoms with van der Waals surface area (Å²) in [6, 6.07) is 37.1. The molecular weight excluding hydrogens is 564 g/mol. The van der Waals surface area contributed by atoms with Crippen LogP contribution in [-0.4, -0.2) is 13.8 Å². The third-order valence-corrected chi connectivity index (χ3v) is 13.5. The van der Waals surface area contributed by atoms with E-state index >= 15 is 0 Å². The van der Waals surface area contributed by atoms with Crippen LogP contribution < -0.4 is 9.47 Å². The van der Waals surface area contributed by atoms with E-state index in [0.29, 0.717) is 18.4 Å². The Kier molecular flexibility index (Phi) is 11.4. The van der Waals surface area contributed by atoms with E-state index in [2.05, 4.69) is 107 Å². The zero-order valence-corrected chi connectivity index (χ0v) is 28.4. The van der Waals surface area contributed by atoms with Gasteiger partial charge in [-0.2, -0.15) is 0 Å². The number of hydrogen-bond donors (Lipinski definition) is 0. The first-order valence-electron chi connectivity index (χ1n) is 14.6. The van der Waals surface area contributed by atoms with Gasteiger partial charge in [0.25, 0.3) is 0 Å². The Balaban J connectivity index is 0.000000258. The number of rotatable bonds is 8. The first-order valence-corrected chi connectivity index (χ1v) is 21.1. The molecule has 0 bridgehead atoms. The monoisotopic (exact) mass is 606 g/mol. The van der Waals surface area contributed by atoms with Crippen LogP contribution in [0.3, 0.4) is 0 Å². The van der Waals surface area contributed by atoms with E-state index in [4.69, 9.17) is 9.47 Å². The van der Waals surface area contributed by atoms with Gasteiger partial charge in [0.2, 0.25) is 0 Å². The number of para-hydroxylation sites is 1. The fraction of sp³-hybridized carbons (Fsp3) is 0.211. The zero-order valence-electron chi connectivity index (χ0n) is 25.7. The van der Waals surface area contributed by atoms with Crippen LogP contribution in [0, 0.1) is 5.41 Å². The van der Waals surface area contributed by atoms with Crippen LogP contribution in [-0.2, 0) is 18.4 Å². The molecule has 0 radical (unpaired) electrons. The summed E-state index contributed by atoms with van der Waals surface area (Å²) in [7, 11) is 1.68. The van der Waals surface area contributed by atoms with Gasteiger partial charge in [0.05, 0.1) is 7.11 Å². The van der Waals surface area contributed by atoms with Gasteiger partial charge in [0.15, 0.2) is 0 Å². The van der Waals surface area contributed by atoms with Gasteiger partial charge in [-0.3, -0.25) is 0 Å². The SMILES string of the molecule is COc1ccc(C=CC(=C(Oc2ccccc2)c2ccccc2)C(C)(C)C)cc1.C[SiH](C)[Ti][CH]1C=Cc2ccccc21. The summed E-state index contributed by atoms with van der Waals surface area (Å²) in [6.45, 7) is 11.3. The van der Waals surface area contributed by atoms with Crippen LogP contribution in [0.4, 0.5) is 0 Å². The molecule has 4 aromatic carbocycles. The Morgan fingerprint density at radius 2 is 1.38 bits per heavy atom. The predicted octanol–water partition coefficient (Wildman–Crippen LogP) is 10.1. The number of methoxy groups -OCH3 is 1. The van der Waals surface area contributed by atoms with E-state index in [1.165, 1.54) is 5.56 Å². The van der Waals surface area contributed by atoms with Crippen molar-refractivity contribution in [2.24, 2.45) is 5.41 Å². The number of fused-ring (bicyclic) bond motifs is 1. The van der Waals surface area contributed by atoms with Crippen LogP contribution in [0.2, 0.25) is 13.1 Å². The van der Waals surface area contributed by atoms with Gasteiger partial charge in [-0.1, -0.05) is 93.6 Å². The molecule has 4 aromatic rings. The summed E-state index contributed by atoms with van der Waals surface area (Å²) in [5.74, 6) is 2.55. The molecule has 1 atom stereocenters. The molecule has 0 saturated heterocycles. The Morgan fingerprint density at radius 1 is 0.762 bits per heavy atom. The van der Waals surface area contributed by atoms with E-state index in [9.17, 15) is 0 Å². The van der Waals surface area contributed by atoms with Crippen LogP contribution >= 0.6 is 0 Å². The Bertz CT molecular complexity index is 1500. The Morgan fingerprint density at radius 3 is 2.00 bits per heavy atom. The van der Waals surface area contributed by atoms with Crippen molar-refractivity contribution in [1.29, 1.82) is 0 Å². The van der Waals surface area contributed by atoms with Gasteiger partial charge in [0.1, 0.15) is 17.3 Å². The minimum absolute atomic E-state index is 0.108. The first kappa shape index (κ1) is 31.6. The van der Waals surface area contributed by atoms with Crippen molar-refractivity contribution < 1.29 is 27.9 Å². The molecule has 4 heteroatoms. The normalized spacial score (nSPS) is 14.6. The van der Waals surface area contributed by atoms with E-state index in [0.717, 1.165) is 38.2 Å². The summed E-state index contributed by atoms with van der Waals surface area (Å²) in [5, 5.41) is 0. The van der Waals surface area contributed by atoms with E-state index in [-0.39, 0.29) is 12.1 Å². The van der Waals surface area contributed by atoms with Crippen molar-refractivity contribution in [3.8, 4) is 11.5 Å². The molecule has 1 aliphatic carbocycles. The molecule has 0 spiro atoms. The summed E-state index contributed by atoms with van der Waals surface area (Å²) < 4.78 is 12.5. The summed E-state index contributed by atoms with van der Waals surface area (Å²) >= 11 is 0.290. The quantitative estimate of drug-likeness (QED) is 0.113. The number of allylic oxidation sites excluding steroid dienone is 3. The van der Waals surface area contributed by atoms with Crippen molar-refractivity contribution in [3.05, 3.63) is 149 Å². The second-order valence-corrected chi connectivity index (χ2v) is 22.3. The maximum atomic E-state index is 6.42. The van der Waals surface area contributed by atoms with E-state index in [1.807, 2.05) is 60.7 Å². The van der Waals surface area contributed by atoms with Gasteiger partial charge in [0, 0.05) is 11.1 Å². The van der Waals surface area contributed by atoms with Crippen molar-refractivity contribution in [1.82, 2.24) is 0 Å². The first-order chi connectivity index (χ1) is 20.2. The van der Waals surface area contributed by atoms with Crippen molar-refractivity contribution in [2.75, 3.05) is 7.11 Å². The van der Waals surface area contributed by atoms with Crippen molar-refractivity contribution in [3.63, 3.8) is 0 Å². The topological polar surface area (TPSA) is 18.5 Å². The average Bonchev–Trinajstić information content (AvgIpc) is 3.40. The summed E-state index contributed by atoms with van der Waals surface area (Å²) in [4.78, 5) is 0. The number of benzene rings is 4. The van der Waals surface area contributed by atoms with E-state index in [1.54, 1.807) is 12.7 Å². The standard InChI is InChI=1S/C27H28O2.C9H7.C2H7Si.Ti/c1-27(2,3)25(20-17-21-15-18-23(28-4)19-16-21)26(22-11-7-5-8-12-22)29-24-13-9-6-10-14-24;1-2-5-9-7-3-6-8(9)4-1;1-3-2;/h5-20H,1-4H3;1-7H;3H,1-2H3;. The fourth-order valence-corrected chi connectivity index (χ4v) is 11.1. The summed E-state index contributed by atoms with van der Waals surface area (Å²) in [6.07, 6.45) is 9.02. The predicted molar refractivity (Wildman–Crippen MR) is 179 cm³/mol. The second-order valence-electron chi connectivity index (χ2n) is 11.7. The van der Waals surface area contributed by atoms with Crippen LogP contribution in [0.5, 0.6) is 11.5 Å². The average molecular weight is 607 g/mol. The Labute approximate surface area is 262 Å². The fourth-order valence-electron chi connectivity index (χ4n) is 4.78. The summed E-state index contributed by atoms with van der Waals surface area (Å²) in [5.41, 5.74) is 6.25. The third-order valence-electron chi connectivity index (χ3n) is 6.92. The van der Waals surface area contributed by atoms with Crippen LogP contribution in [0.15, 0.2) is 127 Å².